The average molecular weight is 260 g/mol. The highest BCUT2D eigenvalue weighted by Crippen LogP contribution is 2.26. The van der Waals surface area contributed by atoms with E-state index < -0.39 is 0 Å². The Labute approximate surface area is 109 Å². The first-order valence-corrected chi connectivity index (χ1v) is 6.62. The van der Waals surface area contributed by atoms with E-state index in [0.29, 0.717) is 5.69 Å². The third kappa shape index (κ3) is 1.78. The number of amides is 1. The first-order valence-electron chi connectivity index (χ1n) is 5.64. The first-order chi connectivity index (χ1) is 8.77. The topological polar surface area (TPSA) is 51.0 Å². The van der Waals surface area contributed by atoms with Crippen LogP contribution in [-0.2, 0) is 6.54 Å². The molecule has 0 aliphatic carbocycles. The molecule has 3 rings (SSSR count). The number of carbonyl (C=O) groups is 1. The molecule has 3 heterocycles. The van der Waals surface area contributed by atoms with Crippen molar-refractivity contribution in [1.82, 2.24) is 14.5 Å². The summed E-state index contributed by atoms with van der Waals surface area (Å²) in [5, 5.41) is 0.929. The van der Waals surface area contributed by atoms with Gasteiger partial charge in [-0.05, 0) is 12.1 Å². The minimum absolute atomic E-state index is 0.0516. The lowest BCUT2D eigenvalue weighted by molar-refractivity contribution is 0.0983. The Hall–Kier alpha value is -1.82. The van der Waals surface area contributed by atoms with Gasteiger partial charge in [-0.25, -0.2) is 4.98 Å². The average Bonchev–Trinajstić information content (AvgIpc) is 3.00. The van der Waals surface area contributed by atoms with Gasteiger partial charge in [-0.15, -0.1) is 0 Å². The number of thioether (sulfide) groups is 1. The fraction of sp³-hybridized carbons (Fsp3) is 0.250. The zero-order chi connectivity index (χ0) is 12.5. The second-order valence-electron chi connectivity index (χ2n) is 4.00. The summed E-state index contributed by atoms with van der Waals surface area (Å²) >= 11 is 1.68. The SMILES string of the molecule is CN(C(=O)c1cnc2n1CCS2)c1cccnc1. The summed E-state index contributed by atoms with van der Waals surface area (Å²) in [5.41, 5.74) is 1.42. The predicted octanol–water partition coefficient (Wildman–Crippen LogP) is 1.66. The molecule has 5 nitrogen and oxygen atoms in total. The maximum atomic E-state index is 12.4. The predicted molar refractivity (Wildman–Crippen MR) is 69.9 cm³/mol. The molecule has 2 aromatic rings. The molecule has 0 saturated carbocycles. The van der Waals surface area contributed by atoms with Crippen LogP contribution >= 0.6 is 11.8 Å². The minimum Gasteiger partial charge on any atom is -0.314 e. The molecule has 0 radical (unpaired) electrons. The summed E-state index contributed by atoms with van der Waals surface area (Å²) in [5.74, 6) is 0.935. The number of fused-ring (bicyclic) bond motifs is 1. The van der Waals surface area contributed by atoms with E-state index in [0.717, 1.165) is 23.1 Å². The third-order valence-electron chi connectivity index (χ3n) is 2.92. The molecule has 18 heavy (non-hydrogen) atoms. The fourth-order valence-corrected chi connectivity index (χ4v) is 2.86. The van der Waals surface area contributed by atoms with Gasteiger partial charge in [-0.1, -0.05) is 11.8 Å². The number of nitrogens with zero attached hydrogens (tertiary/aromatic N) is 4. The molecule has 0 N–H and O–H groups in total. The van der Waals surface area contributed by atoms with Crippen LogP contribution in [0.1, 0.15) is 10.5 Å². The largest absolute Gasteiger partial charge is 0.314 e. The van der Waals surface area contributed by atoms with E-state index in [1.54, 1.807) is 42.3 Å². The summed E-state index contributed by atoms with van der Waals surface area (Å²) in [6.45, 7) is 0.849. The van der Waals surface area contributed by atoms with Crippen molar-refractivity contribution in [2.24, 2.45) is 0 Å². The van der Waals surface area contributed by atoms with Crippen molar-refractivity contribution in [3.05, 3.63) is 36.4 Å². The van der Waals surface area contributed by atoms with Crippen molar-refractivity contribution in [2.75, 3.05) is 17.7 Å². The fourth-order valence-electron chi connectivity index (χ4n) is 1.93. The molecule has 0 atom stereocenters. The molecule has 0 spiro atoms. The van der Waals surface area contributed by atoms with E-state index in [-0.39, 0.29) is 5.91 Å². The Balaban J connectivity index is 1.91. The zero-order valence-corrected chi connectivity index (χ0v) is 10.7. The summed E-state index contributed by atoms with van der Waals surface area (Å²) in [4.78, 5) is 22.3. The molecular formula is C12H12N4OS. The number of aromatic nitrogens is 3. The smallest absolute Gasteiger partial charge is 0.276 e. The van der Waals surface area contributed by atoms with Crippen molar-refractivity contribution in [3.63, 3.8) is 0 Å². The summed E-state index contributed by atoms with van der Waals surface area (Å²) in [7, 11) is 1.75. The number of hydrogen-bond acceptors (Lipinski definition) is 4. The van der Waals surface area contributed by atoms with Crippen LogP contribution in [0, 0.1) is 0 Å². The quantitative estimate of drug-likeness (QED) is 0.824. The summed E-state index contributed by atoms with van der Waals surface area (Å²) in [6, 6.07) is 3.68. The van der Waals surface area contributed by atoms with Crippen LogP contribution in [0.3, 0.4) is 0 Å². The van der Waals surface area contributed by atoms with Crippen LogP contribution in [0.15, 0.2) is 35.9 Å². The molecule has 0 fully saturated rings. The van der Waals surface area contributed by atoms with Gasteiger partial charge in [0.2, 0.25) is 0 Å². The van der Waals surface area contributed by atoms with Gasteiger partial charge >= 0.3 is 0 Å². The minimum atomic E-state index is -0.0516. The van der Waals surface area contributed by atoms with Crippen LogP contribution in [0.5, 0.6) is 0 Å². The van der Waals surface area contributed by atoms with Crippen molar-refractivity contribution in [1.29, 1.82) is 0 Å². The number of anilines is 1. The van der Waals surface area contributed by atoms with Gasteiger partial charge < -0.3 is 9.47 Å². The van der Waals surface area contributed by atoms with E-state index in [2.05, 4.69) is 9.97 Å². The van der Waals surface area contributed by atoms with Crippen LogP contribution in [0.25, 0.3) is 0 Å². The van der Waals surface area contributed by atoms with E-state index in [1.165, 1.54) is 0 Å². The normalized spacial score (nSPS) is 13.4. The molecular weight excluding hydrogens is 248 g/mol. The first kappa shape index (κ1) is 11.3. The zero-order valence-electron chi connectivity index (χ0n) is 9.91. The third-order valence-corrected chi connectivity index (χ3v) is 3.89. The molecule has 2 aromatic heterocycles. The highest BCUT2D eigenvalue weighted by atomic mass is 32.2. The Bertz CT molecular complexity index is 581. The molecule has 0 saturated heterocycles. The number of hydrogen-bond donors (Lipinski definition) is 0. The van der Waals surface area contributed by atoms with Crippen molar-refractivity contribution >= 4 is 23.4 Å². The van der Waals surface area contributed by atoms with Crippen molar-refractivity contribution in [2.45, 2.75) is 11.7 Å². The highest BCUT2D eigenvalue weighted by molar-refractivity contribution is 7.99. The summed E-state index contributed by atoms with van der Waals surface area (Å²) < 4.78 is 1.97. The van der Waals surface area contributed by atoms with Crippen LogP contribution in [-0.4, -0.2) is 33.2 Å². The van der Waals surface area contributed by atoms with E-state index in [9.17, 15) is 4.79 Å². The number of rotatable bonds is 2. The van der Waals surface area contributed by atoms with E-state index >= 15 is 0 Å². The summed E-state index contributed by atoms with van der Waals surface area (Å²) in [6.07, 6.45) is 5.01. The Morgan fingerprint density at radius 2 is 2.39 bits per heavy atom. The van der Waals surface area contributed by atoms with E-state index in [4.69, 9.17) is 0 Å². The second-order valence-corrected chi connectivity index (χ2v) is 5.06. The monoisotopic (exact) mass is 260 g/mol. The molecule has 6 heteroatoms. The molecule has 92 valence electrons. The number of pyridine rings is 1. The maximum Gasteiger partial charge on any atom is 0.276 e. The van der Waals surface area contributed by atoms with Gasteiger partial charge in [0.25, 0.3) is 5.91 Å². The highest BCUT2D eigenvalue weighted by Gasteiger charge is 2.23. The standard InChI is InChI=1S/C12H12N4OS/c1-15(9-3-2-4-13-7-9)11(17)10-8-14-12-16(10)5-6-18-12/h2-4,7-8H,5-6H2,1H3. The lowest BCUT2D eigenvalue weighted by Gasteiger charge is -2.16. The van der Waals surface area contributed by atoms with Crippen LogP contribution in [0.4, 0.5) is 5.69 Å². The van der Waals surface area contributed by atoms with Gasteiger partial charge in [-0.2, -0.15) is 0 Å². The molecule has 0 bridgehead atoms. The van der Waals surface area contributed by atoms with E-state index in [1.807, 2.05) is 16.7 Å². The molecule has 1 amide bonds. The van der Waals surface area contributed by atoms with Gasteiger partial charge in [-0.3, -0.25) is 9.78 Å². The Kier molecular flexibility index (Phi) is 2.79. The van der Waals surface area contributed by atoms with Gasteiger partial charge in [0.15, 0.2) is 5.16 Å². The number of imidazole rings is 1. The lowest BCUT2D eigenvalue weighted by atomic mass is 10.3. The number of carbonyl (C=O) groups excluding carboxylic acids is 1. The van der Waals surface area contributed by atoms with Gasteiger partial charge in [0.1, 0.15) is 5.69 Å². The van der Waals surface area contributed by atoms with Crippen molar-refractivity contribution < 1.29 is 4.79 Å². The molecule has 0 unspecified atom stereocenters. The van der Waals surface area contributed by atoms with Crippen molar-refractivity contribution in [3.8, 4) is 0 Å². The maximum absolute atomic E-state index is 12.4. The Morgan fingerprint density at radius 1 is 1.50 bits per heavy atom. The van der Waals surface area contributed by atoms with Gasteiger partial charge in [0, 0.05) is 25.5 Å². The second kappa shape index (κ2) is 4.45. The molecule has 1 aliphatic heterocycles. The van der Waals surface area contributed by atoms with Crippen LogP contribution in [0.2, 0.25) is 0 Å². The molecule has 0 aromatic carbocycles. The Morgan fingerprint density at radius 3 is 3.17 bits per heavy atom. The van der Waals surface area contributed by atoms with Gasteiger partial charge in [0.05, 0.1) is 18.1 Å². The molecule has 1 aliphatic rings. The van der Waals surface area contributed by atoms with Crippen LogP contribution < -0.4 is 4.90 Å². The lowest BCUT2D eigenvalue weighted by Crippen LogP contribution is -2.28.